The minimum atomic E-state index is -0.635. The van der Waals surface area contributed by atoms with Gasteiger partial charge in [0.05, 0.1) is 24.4 Å². The van der Waals surface area contributed by atoms with Gasteiger partial charge in [0.25, 0.3) is 5.56 Å². The monoisotopic (exact) mass is 464 g/mol. The predicted octanol–water partition coefficient (Wildman–Crippen LogP) is 4.42. The van der Waals surface area contributed by atoms with Crippen molar-refractivity contribution in [1.82, 2.24) is 15.5 Å². The Labute approximate surface area is 197 Å². The zero-order valence-electron chi connectivity index (χ0n) is 19.5. The molecule has 3 N–H and O–H groups in total. The van der Waals surface area contributed by atoms with E-state index in [1.165, 1.54) is 7.11 Å². The molecule has 0 spiro atoms. The van der Waals surface area contributed by atoms with Gasteiger partial charge < -0.3 is 14.8 Å². The molecule has 0 saturated carbocycles. The molecule has 0 aliphatic carbocycles. The zero-order valence-corrected chi connectivity index (χ0v) is 19.5. The molecule has 0 aliphatic heterocycles. The topological polar surface area (TPSA) is 122 Å². The number of methoxy groups -OCH3 is 1. The summed E-state index contributed by atoms with van der Waals surface area (Å²) in [7, 11) is 1.28. The van der Waals surface area contributed by atoms with Crippen molar-refractivity contribution < 1.29 is 19.1 Å². The molecule has 0 fully saturated rings. The molecule has 0 saturated heterocycles. The molecule has 1 atom stereocenters. The standard InChI is InChI=1S/C25H28N4O5/c1-25(2,3)34-24(32)27-21(17-8-6-5-7-9-17)15-19-14-20(22(30)29-28-19)16-10-12-18(13-11-16)26-23(31)33-4/h5-14,21H,15H2,1-4H3,(H,26,31)(H,27,32)(H,29,30). The minimum absolute atomic E-state index is 0.328. The number of amides is 2. The van der Waals surface area contributed by atoms with Crippen LogP contribution in [0.5, 0.6) is 0 Å². The number of alkyl carbamates (subject to hydrolysis) is 1. The van der Waals surface area contributed by atoms with Crippen LogP contribution in [0, 0.1) is 0 Å². The van der Waals surface area contributed by atoms with E-state index >= 15 is 0 Å². The van der Waals surface area contributed by atoms with Gasteiger partial charge in [-0.3, -0.25) is 10.1 Å². The molecule has 0 aliphatic rings. The van der Waals surface area contributed by atoms with Gasteiger partial charge in [0.15, 0.2) is 0 Å². The SMILES string of the molecule is COC(=O)Nc1ccc(-c2cc(CC(NC(=O)OC(C)(C)C)c3ccccc3)n[nH]c2=O)cc1. The number of aromatic amines is 1. The number of ether oxygens (including phenoxy) is 2. The maximum Gasteiger partial charge on any atom is 0.411 e. The molecular formula is C25H28N4O5. The van der Waals surface area contributed by atoms with Crippen LogP contribution >= 0.6 is 0 Å². The number of anilines is 1. The van der Waals surface area contributed by atoms with Crippen molar-refractivity contribution in [2.75, 3.05) is 12.4 Å². The number of carbonyl (C=O) groups excluding carboxylic acids is 2. The van der Waals surface area contributed by atoms with Crippen LogP contribution in [-0.2, 0) is 15.9 Å². The summed E-state index contributed by atoms with van der Waals surface area (Å²) in [5.41, 5.74) is 2.07. The van der Waals surface area contributed by atoms with E-state index < -0.39 is 23.8 Å². The number of hydrogen-bond donors (Lipinski definition) is 3. The first-order chi connectivity index (χ1) is 16.1. The van der Waals surface area contributed by atoms with Crippen molar-refractivity contribution in [3.63, 3.8) is 0 Å². The molecule has 1 heterocycles. The Bertz CT molecular complexity index is 1180. The van der Waals surface area contributed by atoms with Crippen molar-refractivity contribution in [1.29, 1.82) is 0 Å². The highest BCUT2D eigenvalue weighted by atomic mass is 16.6. The van der Waals surface area contributed by atoms with E-state index in [1.54, 1.807) is 51.1 Å². The highest BCUT2D eigenvalue weighted by molar-refractivity contribution is 5.85. The summed E-state index contributed by atoms with van der Waals surface area (Å²) in [6.45, 7) is 5.39. The fourth-order valence-electron chi connectivity index (χ4n) is 3.26. The van der Waals surface area contributed by atoms with Crippen LogP contribution in [0.3, 0.4) is 0 Å². The Morgan fingerprint density at radius 1 is 1.03 bits per heavy atom. The first-order valence-electron chi connectivity index (χ1n) is 10.7. The lowest BCUT2D eigenvalue weighted by molar-refractivity contribution is 0.0503. The van der Waals surface area contributed by atoms with E-state index in [2.05, 4.69) is 25.6 Å². The van der Waals surface area contributed by atoms with Gasteiger partial charge in [0.2, 0.25) is 0 Å². The van der Waals surface area contributed by atoms with Crippen molar-refractivity contribution in [3.05, 3.63) is 82.3 Å². The summed E-state index contributed by atoms with van der Waals surface area (Å²) in [4.78, 5) is 36.3. The summed E-state index contributed by atoms with van der Waals surface area (Å²) in [6.07, 6.45) is -0.796. The van der Waals surface area contributed by atoms with Crippen LogP contribution < -0.4 is 16.2 Å². The fraction of sp³-hybridized carbons (Fsp3) is 0.280. The van der Waals surface area contributed by atoms with Crippen LogP contribution in [0.4, 0.5) is 15.3 Å². The lowest BCUT2D eigenvalue weighted by Gasteiger charge is -2.24. The van der Waals surface area contributed by atoms with Crippen molar-refractivity contribution in [2.24, 2.45) is 0 Å². The van der Waals surface area contributed by atoms with Crippen LogP contribution in [0.1, 0.15) is 38.1 Å². The average molecular weight is 465 g/mol. The van der Waals surface area contributed by atoms with Gasteiger partial charge in [-0.1, -0.05) is 42.5 Å². The molecule has 3 rings (SSSR count). The van der Waals surface area contributed by atoms with E-state index in [4.69, 9.17) is 4.74 Å². The minimum Gasteiger partial charge on any atom is -0.453 e. The van der Waals surface area contributed by atoms with Crippen molar-refractivity contribution >= 4 is 17.9 Å². The lowest BCUT2D eigenvalue weighted by atomic mass is 10.00. The molecule has 1 unspecified atom stereocenters. The summed E-state index contributed by atoms with van der Waals surface area (Å²) in [6, 6.07) is 17.5. The normalized spacial score (nSPS) is 11.9. The van der Waals surface area contributed by atoms with Crippen molar-refractivity contribution in [3.8, 4) is 11.1 Å². The molecule has 0 bridgehead atoms. The van der Waals surface area contributed by atoms with E-state index in [0.717, 1.165) is 5.56 Å². The fourth-order valence-corrected chi connectivity index (χ4v) is 3.26. The molecule has 3 aromatic rings. The average Bonchev–Trinajstić information content (AvgIpc) is 2.79. The first-order valence-corrected chi connectivity index (χ1v) is 10.7. The summed E-state index contributed by atoms with van der Waals surface area (Å²) >= 11 is 0. The quantitative estimate of drug-likeness (QED) is 0.496. The number of nitrogens with one attached hydrogen (secondary N) is 3. The summed E-state index contributed by atoms with van der Waals surface area (Å²) < 4.78 is 10.00. The molecule has 34 heavy (non-hydrogen) atoms. The van der Waals surface area contributed by atoms with Crippen LogP contribution in [0.2, 0.25) is 0 Å². The van der Waals surface area contributed by atoms with Crippen LogP contribution in [0.25, 0.3) is 11.1 Å². The Balaban J connectivity index is 1.85. The molecule has 9 heteroatoms. The van der Waals surface area contributed by atoms with Gasteiger partial charge in [-0.15, -0.1) is 0 Å². The number of H-pyrrole nitrogens is 1. The van der Waals surface area contributed by atoms with Gasteiger partial charge in [0, 0.05) is 12.1 Å². The Hall–Kier alpha value is -4.14. The second-order valence-electron chi connectivity index (χ2n) is 8.61. The molecule has 9 nitrogen and oxygen atoms in total. The summed E-state index contributed by atoms with van der Waals surface area (Å²) in [5.74, 6) is 0. The van der Waals surface area contributed by atoms with E-state index in [1.807, 2.05) is 30.3 Å². The third-order valence-electron chi connectivity index (χ3n) is 4.79. The van der Waals surface area contributed by atoms with Crippen LogP contribution in [-0.4, -0.2) is 35.1 Å². The lowest BCUT2D eigenvalue weighted by Crippen LogP contribution is -2.36. The molecule has 178 valence electrons. The zero-order chi connectivity index (χ0) is 24.7. The smallest absolute Gasteiger partial charge is 0.411 e. The maximum atomic E-state index is 12.5. The van der Waals surface area contributed by atoms with E-state index in [9.17, 15) is 14.4 Å². The Morgan fingerprint density at radius 3 is 2.32 bits per heavy atom. The number of hydrogen-bond acceptors (Lipinski definition) is 6. The number of benzene rings is 2. The van der Waals surface area contributed by atoms with Gasteiger partial charge in [-0.25, -0.2) is 14.7 Å². The first kappa shape index (κ1) is 24.5. The largest absolute Gasteiger partial charge is 0.453 e. The number of carbonyl (C=O) groups is 2. The predicted molar refractivity (Wildman–Crippen MR) is 129 cm³/mol. The van der Waals surface area contributed by atoms with Gasteiger partial charge in [-0.2, -0.15) is 5.10 Å². The number of nitrogens with zero attached hydrogens (tertiary/aromatic N) is 1. The summed E-state index contributed by atoms with van der Waals surface area (Å²) in [5, 5.41) is 12.2. The number of rotatable bonds is 6. The molecule has 2 amide bonds. The van der Waals surface area contributed by atoms with E-state index in [-0.39, 0.29) is 5.56 Å². The third-order valence-corrected chi connectivity index (χ3v) is 4.79. The van der Waals surface area contributed by atoms with E-state index in [0.29, 0.717) is 28.9 Å². The molecular weight excluding hydrogens is 436 g/mol. The van der Waals surface area contributed by atoms with Gasteiger partial charge in [0.1, 0.15) is 5.60 Å². The van der Waals surface area contributed by atoms with Gasteiger partial charge in [-0.05, 0) is 50.1 Å². The highest BCUT2D eigenvalue weighted by Crippen LogP contribution is 2.22. The van der Waals surface area contributed by atoms with Gasteiger partial charge >= 0.3 is 12.2 Å². The molecule has 0 radical (unpaired) electrons. The molecule has 2 aromatic carbocycles. The second kappa shape index (κ2) is 10.7. The Kier molecular flexibility index (Phi) is 7.68. The number of aromatic nitrogens is 2. The van der Waals surface area contributed by atoms with Crippen LogP contribution in [0.15, 0.2) is 65.5 Å². The Morgan fingerprint density at radius 2 is 1.71 bits per heavy atom. The second-order valence-corrected chi connectivity index (χ2v) is 8.61. The third kappa shape index (κ3) is 6.93. The highest BCUT2D eigenvalue weighted by Gasteiger charge is 2.22. The van der Waals surface area contributed by atoms with Crippen molar-refractivity contribution in [2.45, 2.75) is 38.8 Å². The maximum absolute atomic E-state index is 12.5. The molecule has 1 aromatic heterocycles.